The van der Waals surface area contributed by atoms with Gasteiger partial charge in [0.15, 0.2) is 5.78 Å². The molecule has 9 heteroatoms. The van der Waals surface area contributed by atoms with Crippen molar-refractivity contribution in [3.63, 3.8) is 0 Å². The van der Waals surface area contributed by atoms with Crippen LogP contribution in [0, 0.1) is 17.3 Å². The Morgan fingerprint density at radius 2 is 1.93 bits per heavy atom. The van der Waals surface area contributed by atoms with E-state index in [0.29, 0.717) is 0 Å². The summed E-state index contributed by atoms with van der Waals surface area (Å²) in [7, 11) is 4.98. The van der Waals surface area contributed by atoms with Crippen molar-refractivity contribution >= 4 is 44.4 Å². The molecular weight excluding hydrogens is 439 g/mol. The minimum absolute atomic E-state index is 0.00939. The van der Waals surface area contributed by atoms with Gasteiger partial charge in [-0.1, -0.05) is 48.3 Å². The smallest absolute Gasteiger partial charge is 0.223 e. The highest BCUT2D eigenvalue weighted by molar-refractivity contribution is 8.00. The van der Waals surface area contributed by atoms with Crippen molar-refractivity contribution in [2.24, 2.45) is 17.3 Å². The van der Waals surface area contributed by atoms with Crippen molar-refractivity contribution < 1.29 is 23.4 Å². The second kappa shape index (κ2) is 12.7. The number of amides is 1. The lowest BCUT2D eigenvalue weighted by Gasteiger charge is -2.37. The molecule has 1 heterocycles. The first-order valence-corrected chi connectivity index (χ1v) is 13.6. The molecule has 0 aromatic carbocycles. The predicted octanol–water partition coefficient (Wildman–Crippen LogP) is 4.39. The van der Waals surface area contributed by atoms with Gasteiger partial charge in [0.1, 0.15) is 11.8 Å². The van der Waals surface area contributed by atoms with Crippen LogP contribution in [-0.4, -0.2) is 35.7 Å². The molecule has 1 aliphatic heterocycles. The molecule has 30 heavy (non-hydrogen) atoms. The molecule has 0 bridgehead atoms. The Labute approximate surface area is 187 Å². The first-order valence-electron chi connectivity index (χ1n) is 10.4. The molecule has 1 N–H and O–H groups in total. The minimum atomic E-state index is -0.901. The summed E-state index contributed by atoms with van der Waals surface area (Å²) < 4.78 is 11.5. The van der Waals surface area contributed by atoms with E-state index >= 15 is 0 Å². The number of nitrogens with one attached hydrogen (secondary N) is 1. The minimum Gasteiger partial charge on any atom is -0.361 e. The standard InChI is InChI=1S/C21H38NO5P3/c1-12-8-7-9-13(2)19(27-30-29)14(3)20(25)21(5,6)17(26-28)11-18(24)22-16(10-12)15(4)23/h10,13-14,16-17,19,30H,7-9,11,28-29H2,1-6H3,(H,22,24)/b12-10-. The molecular formula is C21H38NO5P3. The van der Waals surface area contributed by atoms with Crippen LogP contribution >= 0.6 is 26.9 Å². The van der Waals surface area contributed by atoms with E-state index < -0.39 is 17.6 Å². The van der Waals surface area contributed by atoms with Crippen LogP contribution in [0.25, 0.3) is 0 Å². The van der Waals surface area contributed by atoms with Gasteiger partial charge in [0, 0.05) is 23.9 Å². The van der Waals surface area contributed by atoms with Crippen molar-refractivity contribution in [2.45, 2.75) is 85.5 Å². The number of hydrogen-bond donors (Lipinski definition) is 1. The molecule has 1 aliphatic rings. The van der Waals surface area contributed by atoms with E-state index in [1.807, 2.05) is 33.8 Å². The first kappa shape index (κ1) is 27.8. The number of hydrogen-bond acceptors (Lipinski definition) is 5. The molecule has 6 nitrogen and oxygen atoms in total. The molecule has 0 aromatic heterocycles. The molecule has 1 rings (SSSR count). The summed E-state index contributed by atoms with van der Waals surface area (Å²) in [5.74, 6) is -0.564. The zero-order chi connectivity index (χ0) is 23.1. The Morgan fingerprint density at radius 1 is 1.30 bits per heavy atom. The highest BCUT2D eigenvalue weighted by Crippen LogP contribution is 2.38. The maximum Gasteiger partial charge on any atom is 0.223 e. The van der Waals surface area contributed by atoms with Gasteiger partial charge in [-0.05, 0) is 39.0 Å². The third kappa shape index (κ3) is 7.72. The van der Waals surface area contributed by atoms with Crippen LogP contribution < -0.4 is 5.32 Å². The summed E-state index contributed by atoms with van der Waals surface area (Å²) in [6, 6.07) is -0.669. The molecule has 172 valence electrons. The Morgan fingerprint density at radius 3 is 2.47 bits per heavy atom. The summed E-state index contributed by atoms with van der Waals surface area (Å²) in [6.45, 7) is 11.1. The van der Waals surface area contributed by atoms with Crippen molar-refractivity contribution in [3.05, 3.63) is 11.6 Å². The number of carbonyl (C=O) groups excluding carboxylic acids is 3. The molecule has 0 radical (unpaired) electrons. The summed E-state index contributed by atoms with van der Waals surface area (Å²) in [4.78, 5) is 38.2. The van der Waals surface area contributed by atoms with Gasteiger partial charge in [-0.15, -0.1) is 0 Å². The summed E-state index contributed by atoms with van der Waals surface area (Å²) in [5, 5.41) is 2.79. The Bertz CT molecular complexity index is 653. The maximum atomic E-state index is 13.5. The molecule has 8 unspecified atom stereocenters. The van der Waals surface area contributed by atoms with E-state index in [4.69, 9.17) is 9.05 Å². The molecule has 0 aromatic rings. The van der Waals surface area contributed by atoms with Gasteiger partial charge in [-0.25, -0.2) is 0 Å². The van der Waals surface area contributed by atoms with Gasteiger partial charge in [0.25, 0.3) is 0 Å². The summed E-state index contributed by atoms with van der Waals surface area (Å²) in [6.07, 6.45) is 3.62. The Balaban J connectivity index is 3.32. The van der Waals surface area contributed by atoms with E-state index in [-0.39, 0.29) is 50.3 Å². The monoisotopic (exact) mass is 477 g/mol. The van der Waals surface area contributed by atoms with Crippen LogP contribution in [0.4, 0.5) is 0 Å². The lowest BCUT2D eigenvalue weighted by atomic mass is 9.73. The fourth-order valence-electron chi connectivity index (χ4n) is 4.05. The van der Waals surface area contributed by atoms with Crippen LogP contribution in [-0.2, 0) is 23.4 Å². The topological polar surface area (TPSA) is 81.7 Å². The fourth-order valence-corrected chi connectivity index (χ4v) is 5.56. The van der Waals surface area contributed by atoms with E-state index in [2.05, 4.69) is 30.6 Å². The van der Waals surface area contributed by atoms with E-state index in [1.165, 1.54) is 6.92 Å². The van der Waals surface area contributed by atoms with Crippen molar-refractivity contribution in [1.29, 1.82) is 0 Å². The third-order valence-corrected chi connectivity index (χ3v) is 7.23. The van der Waals surface area contributed by atoms with Crippen LogP contribution in [0.5, 0.6) is 0 Å². The molecule has 0 saturated heterocycles. The summed E-state index contributed by atoms with van der Waals surface area (Å²) in [5.41, 5.74) is 0.160. The van der Waals surface area contributed by atoms with Crippen LogP contribution in [0.2, 0.25) is 0 Å². The lowest BCUT2D eigenvalue weighted by molar-refractivity contribution is -0.140. The van der Waals surface area contributed by atoms with Gasteiger partial charge < -0.3 is 14.4 Å². The largest absolute Gasteiger partial charge is 0.361 e. The Hall–Kier alpha value is -0.240. The number of rotatable bonds is 4. The first-order chi connectivity index (χ1) is 13.9. The fraction of sp³-hybridized carbons (Fsp3) is 0.762. The Kier molecular flexibility index (Phi) is 11.8. The second-order valence-electron chi connectivity index (χ2n) is 8.94. The molecule has 1 amide bonds. The lowest BCUT2D eigenvalue weighted by Crippen LogP contribution is -2.47. The molecule has 0 fully saturated rings. The second-order valence-corrected chi connectivity index (χ2v) is 10.4. The average Bonchev–Trinajstić information content (AvgIpc) is 2.67. The van der Waals surface area contributed by atoms with Gasteiger partial charge in [0.05, 0.1) is 24.0 Å². The van der Waals surface area contributed by atoms with Crippen molar-refractivity contribution in [3.8, 4) is 0 Å². The molecule has 0 aliphatic carbocycles. The number of ketones is 2. The van der Waals surface area contributed by atoms with Crippen LogP contribution in [0.15, 0.2) is 11.6 Å². The van der Waals surface area contributed by atoms with E-state index in [0.717, 1.165) is 24.8 Å². The third-order valence-electron chi connectivity index (χ3n) is 6.08. The molecule has 0 saturated carbocycles. The normalized spacial score (nSPS) is 34.0. The van der Waals surface area contributed by atoms with Gasteiger partial charge in [-0.3, -0.25) is 14.4 Å². The summed E-state index contributed by atoms with van der Waals surface area (Å²) >= 11 is 0. The van der Waals surface area contributed by atoms with Crippen molar-refractivity contribution in [2.75, 3.05) is 0 Å². The average molecular weight is 477 g/mol. The SMILES string of the molecule is CC(=O)C1/C=C(/C)CCCC(C)C(OPP)C(C)C(=O)C(C)(C)C(OP)CC(=O)N1. The maximum absolute atomic E-state index is 13.5. The zero-order valence-corrected chi connectivity index (χ0v) is 22.3. The van der Waals surface area contributed by atoms with Gasteiger partial charge in [0.2, 0.25) is 5.91 Å². The van der Waals surface area contributed by atoms with Crippen LogP contribution in [0.1, 0.15) is 67.2 Å². The number of allylic oxidation sites excluding steroid dienone is 1. The molecule has 0 spiro atoms. The van der Waals surface area contributed by atoms with Gasteiger partial charge in [-0.2, -0.15) is 0 Å². The van der Waals surface area contributed by atoms with Crippen LogP contribution in [0.3, 0.4) is 0 Å². The molecule has 8 atom stereocenters. The number of Topliss-reactive ketones (excluding diaryl/α,β-unsaturated/α-hetero) is 2. The number of carbonyl (C=O) groups is 3. The highest BCUT2D eigenvalue weighted by atomic mass is 32.0. The predicted molar refractivity (Wildman–Crippen MR) is 129 cm³/mol. The van der Waals surface area contributed by atoms with E-state index in [1.54, 1.807) is 0 Å². The zero-order valence-electron chi connectivity index (χ0n) is 19.0. The highest BCUT2D eigenvalue weighted by Gasteiger charge is 2.43. The van der Waals surface area contributed by atoms with Gasteiger partial charge >= 0.3 is 0 Å². The van der Waals surface area contributed by atoms with Crippen molar-refractivity contribution in [1.82, 2.24) is 5.32 Å². The van der Waals surface area contributed by atoms with E-state index in [9.17, 15) is 14.4 Å². The quantitative estimate of drug-likeness (QED) is 0.480.